The molecule has 1 N–H and O–H groups in total. The van der Waals surface area contributed by atoms with Crippen LogP contribution in [-0.4, -0.2) is 16.8 Å². The first-order chi connectivity index (χ1) is 13.8. The molecule has 1 unspecified atom stereocenters. The Kier molecular flexibility index (Phi) is 5.83. The van der Waals surface area contributed by atoms with Crippen molar-refractivity contribution in [3.8, 4) is 0 Å². The van der Waals surface area contributed by atoms with E-state index >= 15 is 0 Å². The molecule has 0 fully saturated rings. The molecule has 1 aromatic heterocycles. The zero-order chi connectivity index (χ0) is 20.8. The molecule has 0 radical (unpaired) electrons. The highest BCUT2D eigenvalue weighted by molar-refractivity contribution is 9.11. The van der Waals surface area contributed by atoms with Crippen molar-refractivity contribution >= 4 is 76.5 Å². The topological polar surface area (TPSA) is 57.6 Å². The van der Waals surface area contributed by atoms with Gasteiger partial charge in [0.25, 0.3) is 5.91 Å². The molecule has 1 aliphatic heterocycles. The van der Waals surface area contributed by atoms with Crippen LogP contribution in [0.2, 0.25) is 0 Å². The number of amides is 1. The van der Waals surface area contributed by atoms with E-state index < -0.39 is 11.5 Å². The third-order valence-electron chi connectivity index (χ3n) is 4.84. The molecule has 29 heavy (non-hydrogen) atoms. The predicted molar refractivity (Wildman–Crippen MR) is 124 cm³/mol. The Morgan fingerprint density at radius 2 is 1.83 bits per heavy atom. The average Bonchev–Trinajstić information content (AvgIpc) is 3.20. The highest BCUT2D eigenvalue weighted by atomic mass is 79.9. The number of nitrogens with zero attached hydrogens (tertiary/aromatic N) is 1. The van der Waals surface area contributed by atoms with Crippen molar-refractivity contribution in [1.29, 1.82) is 0 Å². The van der Waals surface area contributed by atoms with Gasteiger partial charge in [-0.3, -0.25) is 9.59 Å². The van der Waals surface area contributed by atoms with Crippen LogP contribution in [0, 0.1) is 0 Å². The number of hydrogen-bond acceptors (Lipinski definition) is 4. The summed E-state index contributed by atoms with van der Waals surface area (Å²) in [5.41, 5.74) is 0.0467. The summed E-state index contributed by atoms with van der Waals surface area (Å²) in [4.78, 5) is 28.2. The van der Waals surface area contributed by atoms with E-state index in [1.807, 2.05) is 30.3 Å². The maximum absolute atomic E-state index is 13.4. The highest BCUT2D eigenvalue weighted by Crippen LogP contribution is 2.45. The van der Waals surface area contributed by atoms with Gasteiger partial charge in [-0.15, -0.1) is 11.3 Å². The van der Waals surface area contributed by atoms with Gasteiger partial charge < -0.3 is 10.0 Å². The van der Waals surface area contributed by atoms with Gasteiger partial charge >= 0.3 is 0 Å². The number of Topliss-reactive ketones (excluding diaryl/α,β-unsaturated/α-hetero) is 1. The maximum Gasteiger partial charge on any atom is 0.264 e. The van der Waals surface area contributed by atoms with Crippen LogP contribution in [-0.2, 0) is 16.9 Å². The van der Waals surface area contributed by atoms with Crippen molar-refractivity contribution in [3.63, 3.8) is 0 Å². The zero-order valence-electron chi connectivity index (χ0n) is 14.9. The molecule has 1 amide bonds. The summed E-state index contributed by atoms with van der Waals surface area (Å²) in [6.07, 6.45) is -0.311. The minimum atomic E-state index is -1.91. The van der Waals surface area contributed by atoms with E-state index in [4.69, 9.17) is 0 Å². The van der Waals surface area contributed by atoms with Gasteiger partial charge in [0, 0.05) is 14.5 Å². The minimum Gasteiger partial charge on any atom is -0.375 e. The third-order valence-corrected chi connectivity index (χ3v) is 7.78. The number of thiophene rings is 1. The Bertz CT molecular complexity index is 1130. The zero-order valence-corrected chi connectivity index (χ0v) is 20.4. The lowest BCUT2D eigenvalue weighted by Gasteiger charge is -2.23. The van der Waals surface area contributed by atoms with Crippen molar-refractivity contribution < 1.29 is 14.7 Å². The molecule has 2 aromatic carbocycles. The van der Waals surface area contributed by atoms with Gasteiger partial charge in [0.2, 0.25) is 0 Å². The smallest absolute Gasteiger partial charge is 0.264 e. The number of benzene rings is 2. The Hall–Kier alpha value is -1.32. The fourth-order valence-electron chi connectivity index (χ4n) is 3.43. The van der Waals surface area contributed by atoms with Gasteiger partial charge in [0.05, 0.1) is 27.3 Å². The van der Waals surface area contributed by atoms with Gasteiger partial charge in [0.1, 0.15) is 0 Å². The quantitative estimate of drug-likeness (QED) is 0.364. The first-order valence-corrected chi connectivity index (χ1v) is 11.9. The van der Waals surface area contributed by atoms with Crippen LogP contribution in [0.3, 0.4) is 0 Å². The summed E-state index contributed by atoms with van der Waals surface area (Å²) in [7, 11) is 0. The number of halogens is 3. The van der Waals surface area contributed by atoms with Gasteiger partial charge in [-0.05, 0) is 57.9 Å². The number of rotatable bonds is 5. The van der Waals surface area contributed by atoms with E-state index in [2.05, 4.69) is 47.8 Å². The number of carbonyl (C=O) groups is 2. The van der Waals surface area contributed by atoms with Crippen LogP contribution in [0.25, 0.3) is 0 Å². The highest BCUT2D eigenvalue weighted by Gasteiger charge is 2.51. The normalized spacial score (nSPS) is 18.2. The second-order valence-corrected chi connectivity index (χ2v) is 10.9. The summed E-state index contributed by atoms with van der Waals surface area (Å²) in [5, 5.41) is 11.4. The van der Waals surface area contributed by atoms with Crippen LogP contribution >= 0.6 is 59.1 Å². The van der Waals surface area contributed by atoms with Crippen molar-refractivity contribution in [1.82, 2.24) is 0 Å². The molecule has 8 heteroatoms. The first kappa shape index (κ1) is 20.9. The Labute approximate surface area is 196 Å². The number of hydrogen-bond donors (Lipinski definition) is 1. The Morgan fingerprint density at radius 3 is 2.52 bits per heavy atom. The summed E-state index contributed by atoms with van der Waals surface area (Å²) < 4.78 is 2.43. The lowest BCUT2D eigenvalue weighted by atomic mass is 9.89. The van der Waals surface area contributed by atoms with Crippen LogP contribution in [0.5, 0.6) is 0 Å². The van der Waals surface area contributed by atoms with Crippen molar-refractivity contribution in [2.45, 2.75) is 18.6 Å². The van der Waals surface area contributed by atoms with E-state index in [0.29, 0.717) is 16.1 Å². The van der Waals surface area contributed by atoms with Crippen molar-refractivity contribution in [2.24, 2.45) is 0 Å². The fourth-order valence-corrected chi connectivity index (χ4v) is 5.53. The number of aliphatic hydroxyl groups is 1. The van der Waals surface area contributed by atoms with Gasteiger partial charge in [-0.2, -0.15) is 0 Å². The monoisotopic (exact) mass is 597 g/mol. The molecule has 4 nitrogen and oxygen atoms in total. The molecule has 3 aromatic rings. The summed E-state index contributed by atoms with van der Waals surface area (Å²) in [5.74, 6) is -0.768. The molecule has 148 valence electrons. The Balaban J connectivity index is 1.73. The lowest BCUT2D eigenvalue weighted by molar-refractivity contribution is -0.136. The SMILES string of the molecule is O=C(CC1(O)C(=O)N(Cc2ccccc2Br)c2ccc(Br)cc21)c1ccc(Br)s1. The first-order valence-electron chi connectivity index (χ1n) is 8.66. The van der Waals surface area contributed by atoms with Crippen molar-refractivity contribution in [2.75, 3.05) is 4.90 Å². The minimum absolute atomic E-state index is 0.273. The predicted octanol–water partition coefficient (Wildman–Crippen LogP) is 6.04. The van der Waals surface area contributed by atoms with Gasteiger partial charge in [-0.1, -0.05) is 50.1 Å². The average molecular weight is 600 g/mol. The third kappa shape index (κ3) is 3.88. The Morgan fingerprint density at radius 1 is 1.07 bits per heavy atom. The summed E-state index contributed by atoms with van der Waals surface area (Å²) >= 11 is 11.6. The van der Waals surface area contributed by atoms with Crippen LogP contribution in [0.1, 0.15) is 27.2 Å². The molecule has 0 spiro atoms. The largest absolute Gasteiger partial charge is 0.375 e. The molecule has 1 atom stereocenters. The molecule has 4 rings (SSSR count). The van der Waals surface area contributed by atoms with Gasteiger partial charge in [0.15, 0.2) is 11.4 Å². The van der Waals surface area contributed by atoms with Crippen molar-refractivity contribution in [3.05, 3.63) is 83.3 Å². The fraction of sp³-hybridized carbons (Fsp3) is 0.143. The van der Waals surface area contributed by atoms with Crippen LogP contribution in [0.15, 0.2) is 67.3 Å². The molecule has 0 aliphatic carbocycles. The molecular weight excluding hydrogens is 586 g/mol. The molecule has 0 saturated heterocycles. The molecule has 0 saturated carbocycles. The standard InChI is InChI=1S/C21H14Br3NO3S/c22-13-5-6-16-14(9-13)21(28,10-17(26)18-7-8-19(24)29-18)20(27)25(16)11-12-3-1-2-4-15(12)23/h1-9,28H,10-11H2. The van der Waals surface area contributed by atoms with E-state index in [9.17, 15) is 14.7 Å². The number of fused-ring (bicyclic) bond motifs is 1. The van der Waals surface area contributed by atoms with E-state index in [-0.39, 0.29) is 18.7 Å². The van der Waals surface area contributed by atoms with E-state index in [1.54, 1.807) is 29.2 Å². The molecule has 0 bridgehead atoms. The number of ketones is 1. The lowest BCUT2D eigenvalue weighted by Crippen LogP contribution is -2.41. The molecule has 1 aliphatic rings. The number of carbonyl (C=O) groups excluding carboxylic acids is 2. The van der Waals surface area contributed by atoms with E-state index in [0.717, 1.165) is 18.3 Å². The van der Waals surface area contributed by atoms with Gasteiger partial charge in [-0.25, -0.2) is 0 Å². The molecule has 2 heterocycles. The van der Waals surface area contributed by atoms with Crippen LogP contribution < -0.4 is 4.90 Å². The van der Waals surface area contributed by atoms with Crippen LogP contribution in [0.4, 0.5) is 5.69 Å². The second kappa shape index (κ2) is 8.07. The second-order valence-electron chi connectivity index (χ2n) is 6.71. The molecular formula is C21H14Br3NO3S. The summed E-state index contributed by atoms with van der Waals surface area (Å²) in [6.45, 7) is 0.288. The van der Waals surface area contributed by atoms with E-state index in [1.165, 1.54) is 11.3 Å². The maximum atomic E-state index is 13.4. The summed E-state index contributed by atoms with van der Waals surface area (Å²) in [6, 6.07) is 16.4. The number of anilines is 1.